The van der Waals surface area contributed by atoms with Crippen molar-refractivity contribution in [2.24, 2.45) is 0 Å². The van der Waals surface area contributed by atoms with Gasteiger partial charge in [0.2, 0.25) is 0 Å². The SMILES string of the molecule is CCOCC1=COCC1. The third kappa shape index (κ3) is 2.06. The minimum absolute atomic E-state index is 0.747. The average Bonchev–Trinajstić information content (AvgIpc) is 2.34. The lowest BCUT2D eigenvalue weighted by Gasteiger charge is -1.97. The zero-order chi connectivity index (χ0) is 6.53. The van der Waals surface area contributed by atoms with Gasteiger partial charge in [-0.2, -0.15) is 0 Å². The Morgan fingerprint density at radius 3 is 3.22 bits per heavy atom. The second kappa shape index (κ2) is 3.51. The highest BCUT2D eigenvalue weighted by molar-refractivity contribution is 5.02. The van der Waals surface area contributed by atoms with Gasteiger partial charge in [-0.15, -0.1) is 0 Å². The Labute approximate surface area is 55.5 Å². The maximum atomic E-state index is 5.17. The molecule has 1 rings (SSSR count). The monoisotopic (exact) mass is 128 g/mol. The Bertz CT molecular complexity index is 107. The first-order chi connectivity index (χ1) is 4.43. The van der Waals surface area contributed by atoms with E-state index in [1.54, 1.807) is 6.26 Å². The van der Waals surface area contributed by atoms with Crippen LogP contribution in [-0.2, 0) is 9.47 Å². The second-order valence-corrected chi connectivity index (χ2v) is 2.03. The van der Waals surface area contributed by atoms with Gasteiger partial charge in [0, 0.05) is 13.0 Å². The zero-order valence-corrected chi connectivity index (χ0v) is 5.72. The van der Waals surface area contributed by atoms with Crippen LogP contribution in [0.4, 0.5) is 0 Å². The first-order valence-electron chi connectivity index (χ1n) is 3.30. The number of hydrogen-bond acceptors (Lipinski definition) is 2. The molecule has 2 heteroatoms. The predicted molar refractivity (Wildman–Crippen MR) is 35.1 cm³/mol. The molecular formula is C7H12O2. The van der Waals surface area contributed by atoms with Crippen LogP contribution in [0.2, 0.25) is 0 Å². The molecule has 0 amide bonds. The molecule has 1 aliphatic rings. The predicted octanol–water partition coefficient (Wildman–Crippen LogP) is 1.33. The fourth-order valence-electron chi connectivity index (χ4n) is 0.765. The van der Waals surface area contributed by atoms with Crippen molar-refractivity contribution in [3.8, 4) is 0 Å². The lowest BCUT2D eigenvalue weighted by Crippen LogP contribution is -1.95. The molecule has 1 aliphatic heterocycles. The van der Waals surface area contributed by atoms with Crippen LogP contribution in [0.25, 0.3) is 0 Å². The van der Waals surface area contributed by atoms with Crippen molar-refractivity contribution in [1.82, 2.24) is 0 Å². The van der Waals surface area contributed by atoms with Gasteiger partial charge in [0.15, 0.2) is 0 Å². The fourth-order valence-corrected chi connectivity index (χ4v) is 0.765. The zero-order valence-electron chi connectivity index (χ0n) is 5.72. The fraction of sp³-hybridized carbons (Fsp3) is 0.714. The Morgan fingerprint density at radius 1 is 1.78 bits per heavy atom. The molecule has 0 atom stereocenters. The van der Waals surface area contributed by atoms with E-state index in [1.165, 1.54) is 5.57 Å². The van der Waals surface area contributed by atoms with Crippen molar-refractivity contribution >= 4 is 0 Å². The highest BCUT2D eigenvalue weighted by atomic mass is 16.5. The van der Waals surface area contributed by atoms with Gasteiger partial charge in [-0.05, 0) is 12.5 Å². The van der Waals surface area contributed by atoms with E-state index in [9.17, 15) is 0 Å². The number of hydrogen-bond donors (Lipinski definition) is 0. The van der Waals surface area contributed by atoms with E-state index in [-0.39, 0.29) is 0 Å². The number of ether oxygens (including phenoxy) is 2. The summed E-state index contributed by atoms with van der Waals surface area (Å²) in [6.07, 6.45) is 2.84. The summed E-state index contributed by atoms with van der Waals surface area (Å²) in [4.78, 5) is 0. The Morgan fingerprint density at radius 2 is 2.67 bits per heavy atom. The number of rotatable bonds is 3. The Hall–Kier alpha value is -0.500. The van der Waals surface area contributed by atoms with Crippen LogP contribution in [0.3, 0.4) is 0 Å². The molecule has 0 spiro atoms. The molecule has 0 bridgehead atoms. The standard InChI is InChI=1S/C7H12O2/c1-2-8-5-7-3-4-9-6-7/h6H,2-5H2,1H3. The third-order valence-electron chi connectivity index (χ3n) is 1.28. The summed E-state index contributed by atoms with van der Waals surface area (Å²) in [5.41, 5.74) is 1.27. The van der Waals surface area contributed by atoms with Gasteiger partial charge in [-0.3, -0.25) is 0 Å². The smallest absolute Gasteiger partial charge is 0.0912 e. The third-order valence-corrected chi connectivity index (χ3v) is 1.28. The van der Waals surface area contributed by atoms with Crippen LogP contribution in [-0.4, -0.2) is 19.8 Å². The van der Waals surface area contributed by atoms with Gasteiger partial charge in [0.1, 0.15) is 0 Å². The van der Waals surface area contributed by atoms with Crippen molar-refractivity contribution in [2.75, 3.05) is 19.8 Å². The van der Waals surface area contributed by atoms with Gasteiger partial charge in [-0.1, -0.05) is 0 Å². The minimum Gasteiger partial charge on any atom is -0.501 e. The topological polar surface area (TPSA) is 18.5 Å². The second-order valence-electron chi connectivity index (χ2n) is 2.03. The summed E-state index contributed by atoms with van der Waals surface area (Å²) in [7, 11) is 0. The summed E-state index contributed by atoms with van der Waals surface area (Å²) >= 11 is 0. The molecule has 0 N–H and O–H groups in total. The molecule has 0 aromatic carbocycles. The molecule has 0 radical (unpaired) electrons. The van der Waals surface area contributed by atoms with E-state index in [0.717, 1.165) is 26.2 Å². The van der Waals surface area contributed by atoms with E-state index in [0.29, 0.717) is 0 Å². The van der Waals surface area contributed by atoms with Crippen LogP contribution in [0.1, 0.15) is 13.3 Å². The maximum Gasteiger partial charge on any atom is 0.0912 e. The highest BCUT2D eigenvalue weighted by Crippen LogP contribution is 2.09. The van der Waals surface area contributed by atoms with Crippen molar-refractivity contribution < 1.29 is 9.47 Å². The van der Waals surface area contributed by atoms with Gasteiger partial charge < -0.3 is 9.47 Å². The van der Waals surface area contributed by atoms with Crippen LogP contribution < -0.4 is 0 Å². The minimum atomic E-state index is 0.747. The first-order valence-corrected chi connectivity index (χ1v) is 3.30. The van der Waals surface area contributed by atoms with Gasteiger partial charge in [0.05, 0.1) is 19.5 Å². The summed E-state index contributed by atoms with van der Waals surface area (Å²) in [5, 5.41) is 0. The molecule has 0 saturated heterocycles. The van der Waals surface area contributed by atoms with Crippen molar-refractivity contribution in [2.45, 2.75) is 13.3 Å². The molecule has 0 saturated carbocycles. The quantitative estimate of drug-likeness (QED) is 0.570. The molecule has 0 aliphatic carbocycles. The van der Waals surface area contributed by atoms with Crippen molar-refractivity contribution in [3.63, 3.8) is 0 Å². The Kier molecular flexibility index (Phi) is 2.58. The molecule has 0 aromatic rings. The van der Waals surface area contributed by atoms with Gasteiger partial charge >= 0.3 is 0 Å². The molecule has 1 heterocycles. The van der Waals surface area contributed by atoms with Crippen molar-refractivity contribution in [1.29, 1.82) is 0 Å². The lowest BCUT2D eigenvalue weighted by atomic mass is 10.2. The normalized spacial score (nSPS) is 17.2. The van der Waals surface area contributed by atoms with Crippen LogP contribution in [0, 0.1) is 0 Å². The van der Waals surface area contributed by atoms with E-state index < -0.39 is 0 Å². The van der Waals surface area contributed by atoms with Crippen LogP contribution >= 0.6 is 0 Å². The largest absolute Gasteiger partial charge is 0.501 e. The van der Waals surface area contributed by atoms with Crippen molar-refractivity contribution in [3.05, 3.63) is 11.8 Å². The summed E-state index contributed by atoms with van der Waals surface area (Å²) < 4.78 is 10.2. The van der Waals surface area contributed by atoms with E-state index in [4.69, 9.17) is 9.47 Å². The first kappa shape index (κ1) is 6.62. The maximum absolute atomic E-state index is 5.17. The Balaban J connectivity index is 2.11. The summed E-state index contributed by atoms with van der Waals surface area (Å²) in [5.74, 6) is 0. The van der Waals surface area contributed by atoms with Gasteiger partial charge in [-0.25, -0.2) is 0 Å². The average molecular weight is 128 g/mol. The van der Waals surface area contributed by atoms with Crippen LogP contribution in [0.5, 0.6) is 0 Å². The highest BCUT2D eigenvalue weighted by Gasteiger charge is 2.03. The lowest BCUT2D eigenvalue weighted by molar-refractivity contribution is 0.169. The molecule has 2 nitrogen and oxygen atoms in total. The van der Waals surface area contributed by atoms with E-state index >= 15 is 0 Å². The molecular weight excluding hydrogens is 116 g/mol. The molecule has 0 fully saturated rings. The molecule has 0 aromatic heterocycles. The van der Waals surface area contributed by atoms with E-state index in [2.05, 4.69) is 0 Å². The summed E-state index contributed by atoms with van der Waals surface area (Å²) in [6, 6.07) is 0. The molecule has 0 unspecified atom stereocenters. The van der Waals surface area contributed by atoms with E-state index in [1.807, 2.05) is 6.92 Å². The summed E-state index contributed by atoms with van der Waals surface area (Å²) in [6.45, 7) is 4.37. The molecule has 52 valence electrons. The molecule has 9 heavy (non-hydrogen) atoms. The van der Waals surface area contributed by atoms with Gasteiger partial charge in [0.25, 0.3) is 0 Å². The van der Waals surface area contributed by atoms with Crippen LogP contribution in [0.15, 0.2) is 11.8 Å².